The van der Waals surface area contributed by atoms with Crippen LogP contribution in [0.2, 0.25) is 0 Å². The van der Waals surface area contributed by atoms with Crippen LogP contribution in [0, 0.1) is 11.8 Å². The molecule has 0 radical (unpaired) electrons. The van der Waals surface area contributed by atoms with E-state index in [4.69, 9.17) is 9.84 Å². The maximum absolute atomic E-state index is 12.0. The van der Waals surface area contributed by atoms with Crippen molar-refractivity contribution < 1.29 is 14.6 Å². The Hall–Kier alpha value is -1.90. The largest absolute Gasteiger partial charge is 0.385 e. The van der Waals surface area contributed by atoms with Gasteiger partial charge in [0, 0.05) is 39.1 Å². The van der Waals surface area contributed by atoms with Crippen LogP contribution < -0.4 is 0 Å². The highest BCUT2D eigenvalue weighted by molar-refractivity contribution is 5.92. The van der Waals surface area contributed by atoms with Crippen molar-refractivity contribution in [3.8, 4) is 11.8 Å². The molecule has 0 fully saturated rings. The lowest BCUT2D eigenvalue weighted by atomic mass is 10.2. The van der Waals surface area contributed by atoms with E-state index in [0.717, 1.165) is 6.42 Å². The highest BCUT2D eigenvalue weighted by atomic mass is 16.5. The van der Waals surface area contributed by atoms with E-state index in [0.29, 0.717) is 24.4 Å². The van der Waals surface area contributed by atoms with Crippen LogP contribution in [0.15, 0.2) is 18.3 Å². The summed E-state index contributed by atoms with van der Waals surface area (Å²) in [5.74, 6) is 5.13. The highest BCUT2D eigenvalue weighted by Crippen LogP contribution is 2.03. The van der Waals surface area contributed by atoms with Gasteiger partial charge in [-0.2, -0.15) is 0 Å². The highest BCUT2D eigenvalue weighted by Gasteiger charge is 2.12. The van der Waals surface area contributed by atoms with Gasteiger partial charge in [0.1, 0.15) is 12.3 Å². The topological polar surface area (TPSA) is 62.7 Å². The van der Waals surface area contributed by atoms with Crippen molar-refractivity contribution in [2.24, 2.45) is 0 Å². The average molecular weight is 262 g/mol. The van der Waals surface area contributed by atoms with Gasteiger partial charge in [0.05, 0.1) is 0 Å². The van der Waals surface area contributed by atoms with Gasteiger partial charge in [-0.1, -0.05) is 11.8 Å². The predicted molar refractivity (Wildman–Crippen MR) is 71.7 cm³/mol. The molecule has 1 heterocycles. The third kappa shape index (κ3) is 5.08. The van der Waals surface area contributed by atoms with Gasteiger partial charge in [-0.15, -0.1) is 0 Å². The van der Waals surface area contributed by atoms with Crippen LogP contribution in [-0.4, -0.2) is 54.8 Å². The van der Waals surface area contributed by atoms with Crippen molar-refractivity contribution >= 4 is 5.91 Å². The van der Waals surface area contributed by atoms with E-state index in [-0.39, 0.29) is 12.5 Å². The number of rotatable bonds is 5. The Morgan fingerprint density at radius 3 is 2.89 bits per heavy atom. The first-order chi connectivity index (χ1) is 9.19. The normalized spacial score (nSPS) is 9.63. The molecule has 0 unspecified atom stereocenters. The van der Waals surface area contributed by atoms with Crippen molar-refractivity contribution in [1.82, 2.24) is 9.88 Å². The molecule has 0 spiro atoms. The number of carbonyl (C=O) groups is 1. The minimum atomic E-state index is -0.192. The van der Waals surface area contributed by atoms with Crippen molar-refractivity contribution in [3.05, 3.63) is 29.6 Å². The second-order valence-corrected chi connectivity index (χ2v) is 3.97. The molecule has 0 aliphatic heterocycles. The Bertz CT molecular complexity index is 460. The molecule has 1 aromatic rings. The quantitative estimate of drug-likeness (QED) is 0.621. The number of hydrogen-bond donors (Lipinski definition) is 1. The predicted octanol–water partition coefficient (Wildman–Crippen LogP) is 0.534. The summed E-state index contributed by atoms with van der Waals surface area (Å²) >= 11 is 0. The molecule has 19 heavy (non-hydrogen) atoms. The molecule has 0 saturated heterocycles. The number of carbonyl (C=O) groups excluding carboxylic acids is 1. The van der Waals surface area contributed by atoms with Crippen molar-refractivity contribution in [2.75, 3.05) is 33.9 Å². The van der Waals surface area contributed by atoms with Gasteiger partial charge in [0.2, 0.25) is 0 Å². The molecule has 1 rings (SSSR count). The lowest BCUT2D eigenvalue weighted by Crippen LogP contribution is -2.29. The van der Waals surface area contributed by atoms with E-state index in [2.05, 4.69) is 16.8 Å². The van der Waals surface area contributed by atoms with Gasteiger partial charge < -0.3 is 14.7 Å². The molecule has 1 N–H and O–H groups in total. The Morgan fingerprint density at radius 1 is 1.53 bits per heavy atom. The molecular formula is C14H18N2O3. The fourth-order valence-corrected chi connectivity index (χ4v) is 1.48. The summed E-state index contributed by atoms with van der Waals surface area (Å²) in [7, 11) is 3.37. The fourth-order valence-electron chi connectivity index (χ4n) is 1.48. The van der Waals surface area contributed by atoms with Crippen LogP contribution in [-0.2, 0) is 4.74 Å². The van der Waals surface area contributed by atoms with E-state index in [1.807, 2.05) is 0 Å². The molecular weight excluding hydrogens is 244 g/mol. The van der Waals surface area contributed by atoms with Gasteiger partial charge in [-0.05, 0) is 18.6 Å². The number of ether oxygens (including phenoxy) is 1. The third-order valence-electron chi connectivity index (χ3n) is 2.48. The Balaban J connectivity index is 2.61. The maximum atomic E-state index is 12.0. The number of aliphatic hydroxyl groups excluding tert-OH is 1. The molecule has 0 aliphatic rings. The van der Waals surface area contributed by atoms with Crippen LogP contribution in [0.3, 0.4) is 0 Å². The molecule has 0 aliphatic carbocycles. The minimum Gasteiger partial charge on any atom is -0.385 e. The second-order valence-electron chi connectivity index (χ2n) is 3.97. The van der Waals surface area contributed by atoms with Crippen molar-refractivity contribution in [2.45, 2.75) is 6.42 Å². The fraction of sp³-hybridized carbons (Fsp3) is 0.429. The summed E-state index contributed by atoms with van der Waals surface area (Å²) in [6.45, 7) is 1.06. The van der Waals surface area contributed by atoms with E-state index in [1.165, 1.54) is 6.20 Å². The standard InChI is InChI=1S/C14H18N2O3/c1-16(8-4-10-19-2)14(18)13-7-6-12(11-15-13)5-3-9-17/h6-7,11,17H,4,8-10H2,1-2H3. The number of aliphatic hydroxyl groups is 1. The second kappa shape index (κ2) is 8.25. The number of aromatic nitrogens is 1. The SMILES string of the molecule is COCCCN(C)C(=O)c1ccc(C#CCO)cn1. The molecule has 0 aromatic carbocycles. The zero-order chi connectivity index (χ0) is 14.1. The van der Waals surface area contributed by atoms with Gasteiger partial charge >= 0.3 is 0 Å². The zero-order valence-corrected chi connectivity index (χ0v) is 11.2. The van der Waals surface area contributed by atoms with Crippen LogP contribution in [0.1, 0.15) is 22.5 Å². The Morgan fingerprint density at radius 2 is 2.32 bits per heavy atom. The summed E-state index contributed by atoms with van der Waals surface area (Å²) in [5, 5.41) is 8.58. The number of methoxy groups -OCH3 is 1. The Kier molecular flexibility index (Phi) is 6.58. The number of amides is 1. The summed E-state index contributed by atoms with van der Waals surface area (Å²) in [5.41, 5.74) is 1.06. The van der Waals surface area contributed by atoms with Gasteiger partial charge in [-0.25, -0.2) is 4.98 Å². The van der Waals surface area contributed by atoms with E-state index in [9.17, 15) is 4.79 Å². The van der Waals surface area contributed by atoms with Crippen molar-refractivity contribution in [1.29, 1.82) is 0 Å². The van der Waals surface area contributed by atoms with Gasteiger partial charge in [0.15, 0.2) is 0 Å². The lowest BCUT2D eigenvalue weighted by molar-refractivity contribution is 0.0773. The summed E-state index contributed by atoms with van der Waals surface area (Å²) in [6.07, 6.45) is 2.32. The number of nitrogens with zero attached hydrogens (tertiary/aromatic N) is 2. The zero-order valence-electron chi connectivity index (χ0n) is 11.2. The summed E-state index contributed by atoms with van der Waals surface area (Å²) in [4.78, 5) is 17.7. The number of hydrogen-bond acceptors (Lipinski definition) is 4. The van der Waals surface area contributed by atoms with Crippen molar-refractivity contribution in [3.63, 3.8) is 0 Å². The minimum absolute atomic E-state index is 0.127. The third-order valence-corrected chi connectivity index (χ3v) is 2.48. The molecule has 1 amide bonds. The maximum Gasteiger partial charge on any atom is 0.272 e. The summed E-state index contributed by atoms with van der Waals surface area (Å²) in [6, 6.07) is 3.35. The van der Waals surface area contributed by atoms with Crippen LogP contribution in [0.25, 0.3) is 0 Å². The van der Waals surface area contributed by atoms with Gasteiger partial charge in [-0.3, -0.25) is 4.79 Å². The summed E-state index contributed by atoms with van der Waals surface area (Å²) < 4.78 is 4.94. The smallest absolute Gasteiger partial charge is 0.272 e. The lowest BCUT2D eigenvalue weighted by Gasteiger charge is -2.16. The molecule has 5 heteroatoms. The molecule has 0 saturated carbocycles. The molecule has 0 atom stereocenters. The van der Waals surface area contributed by atoms with Gasteiger partial charge in [0.25, 0.3) is 5.91 Å². The molecule has 1 aromatic heterocycles. The average Bonchev–Trinajstić information content (AvgIpc) is 2.45. The first-order valence-electron chi connectivity index (χ1n) is 5.99. The molecule has 102 valence electrons. The monoisotopic (exact) mass is 262 g/mol. The molecule has 5 nitrogen and oxygen atoms in total. The van der Waals surface area contributed by atoms with Crippen LogP contribution in [0.4, 0.5) is 0 Å². The number of pyridine rings is 1. The first-order valence-corrected chi connectivity index (χ1v) is 5.99. The van der Waals surface area contributed by atoms with E-state index >= 15 is 0 Å². The van der Waals surface area contributed by atoms with E-state index in [1.54, 1.807) is 31.2 Å². The Labute approximate surface area is 113 Å². The van der Waals surface area contributed by atoms with E-state index < -0.39 is 0 Å². The first kappa shape index (κ1) is 15.2. The van der Waals surface area contributed by atoms with Crippen LogP contribution in [0.5, 0.6) is 0 Å². The van der Waals surface area contributed by atoms with Crippen LogP contribution >= 0.6 is 0 Å². The molecule has 0 bridgehead atoms.